The first-order valence-corrected chi connectivity index (χ1v) is 5.21. The van der Waals surface area contributed by atoms with Gasteiger partial charge in [-0.1, -0.05) is 6.07 Å². The van der Waals surface area contributed by atoms with E-state index in [-0.39, 0.29) is 5.91 Å². The van der Waals surface area contributed by atoms with E-state index in [1.165, 1.54) is 7.11 Å². The monoisotopic (exact) mass is 236 g/mol. The molecule has 0 bridgehead atoms. The van der Waals surface area contributed by atoms with Gasteiger partial charge in [0.1, 0.15) is 0 Å². The number of carbonyl (C=O) groups is 2. The Morgan fingerprint density at radius 3 is 2.59 bits per heavy atom. The molecule has 1 atom stereocenters. The zero-order valence-electron chi connectivity index (χ0n) is 10.1. The van der Waals surface area contributed by atoms with Gasteiger partial charge in [0, 0.05) is 5.69 Å². The van der Waals surface area contributed by atoms with Crippen LogP contribution in [-0.4, -0.2) is 25.0 Å². The van der Waals surface area contributed by atoms with Crippen LogP contribution in [0, 0.1) is 6.92 Å². The molecule has 1 amide bonds. The summed E-state index contributed by atoms with van der Waals surface area (Å²) < 4.78 is 4.61. The lowest BCUT2D eigenvalue weighted by molar-refractivity contribution is -0.117. The fourth-order valence-electron chi connectivity index (χ4n) is 1.25. The highest BCUT2D eigenvalue weighted by molar-refractivity contribution is 5.97. The van der Waals surface area contributed by atoms with Crippen LogP contribution in [0.5, 0.6) is 0 Å². The van der Waals surface area contributed by atoms with Crippen molar-refractivity contribution in [1.29, 1.82) is 0 Å². The SMILES string of the molecule is COC(=O)c1ccc(C)c(NC(=O)[C@@H](C)N)c1. The number of aryl methyl sites for hydroxylation is 1. The summed E-state index contributed by atoms with van der Waals surface area (Å²) in [7, 11) is 1.31. The van der Waals surface area contributed by atoms with E-state index >= 15 is 0 Å². The van der Waals surface area contributed by atoms with Crippen molar-refractivity contribution >= 4 is 17.6 Å². The summed E-state index contributed by atoms with van der Waals surface area (Å²) in [6.45, 7) is 3.42. The minimum Gasteiger partial charge on any atom is -0.465 e. The molecule has 0 saturated carbocycles. The summed E-state index contributed by atoms with van der Waals surface area (Å²) in [4.78, 5) is 22.8. The van der Waals surface area contributed by atoms with Gasteiger partial charge in [-0.2, -0.15) is 0 Å². The molecule has 1 rings (SSSR count). The Balaban J connectivity index is 2.99. The second kappa shape index (κ2) is 5.45. The molecule has 17 heavy (non-hydrogen) atoms. The molecule has 0 heterocycles. The maximum absolute atomic E-state index is 11.5. The number of anilines is 1. The van der Waals surface area contributed by atoms with Crippen LogP contribution >= 0.6 is 0 Å². The number of rotatable bonds is 3. The van der Waals surface area contributed by atoms with Crippen LogP contribution in [0.15, 0.2) is 18.2 Å². The van der Waals surface area contributed by atoms with Gasteiger partial charge >= 0.3 is 5.97 Å². The lowest BCUT2D eigenvalue weighted by atomic mass is 10.1. The number of methoxy groups -OCH3 is 1. The molecule has 0 unspecified atom stereocenters. The van der Waals surface area contributed by atoms with Crippen molar-refractivity contribution in [3.05, 3.63) is 29.3 Å². The number of carbonyl (C=O) groups excluding carboxylic acids is 2. The molecule has 5 heteroatoms. The first-order valence-electron chi connectivity index (χ1n) is 5.21. The zero-order valence-corrected chi connectivity index (χ0v) is 10.1. The van der Waals surface area contributed by atoms with Gasteiger partial charge in [0.15, 0.2) is 0 Å². The Labute approximate surface area is 99.9 Å². The van der Waals surface area contributed by atoms with Crippen molar-refractivity contribution < 1.29 is 14.3 Å². The zero-order chi connectivity index (χ0) is 13.0. The van der Waals surface area contributed by atoms with Crippen molar-refractivity contribution in [3.8, 4) is 0 Å². The van der Waals surface area contributed by atoms with Crippen LogP contribution in [0.3, 0.4) is 0 Å². The Kier molecular flexibility index (Phi) is 4.23. The summed E-state index contributed by atoms with van der Waals surface area (Å²) in [5.41, 5.74) is 7.26. The topological polar surface area (TPSA) is 81.4 Å². The maximum atomic E-state index is 11.5. The highest BCUT2D eigenvalue weighted by Crippen LogP contribution is 2.17. The molecular weight excluding hydrogens is 220 g/mol. The van der Waals surface area contributed by atoms with Crippen LogP contribution in [-0.2, 0) is 9.53 Å². The number of esters is 1. The Bertz CT molecular complexity index is 441. The molecule has 1 aromatic carbocycles. The van der Waals surface area contributed by atoms with Crippen molar-refractivity contribution in [2.75, 3.05) is 12.4 Å². The number of nitrogens with two attached hydrogens (primary N) is 1. The predicted molar refractivity (Wildman–Crippen MR) is 64.8 cm³/mol. The van der Waals surface area contributed by atoms with Crippen LogP contribution < -0.4 is 11.1 Å². The van der Waals surface area contributed by atoms with Gasteiger partial charge in [-0.25, -0.2) is 4.79 Å². The summed E-state index contributed by atoms with van der Waals surface area (Å²) in [6, 6.07) is 4.35. The van der Waals surface area contributed by atoms with Gasteiger partial charge in [-0.3, -0.25) is 4.79 Å². The van der Waals surface area contributed by atoms with Crippen molar-refractivity contribution in [2.45, 2.75) is 19.9 Å². The van der Waals surface area contributed by atoms with E-state index < -0.39 is 12.0 Å². The minimum atomic E-state index is -0.601. The number of hydrogen-bond acceptors (Lipinski definition) is 4. The quantitative estimate of drug-likeness (QED) is 0.769. The number of amides is 1. The standard InChI is InChI=1S/C12H16N2O3/c1-7-4-5-9(12(16)17-3)6-10(7)14-11(15)8(2)13/h4-6,8H,13H2,1-3H3,(H,14,15)/t8-/m1/s1. The second-order valence-electron chi connectivity index (χ2n) is 3.80. The van der Waals surface area contributed by atoms with Gasteiger partial charge in [0.2, 0.25) is 5.91 Å². The molecule has 0 spiro atoms. The summed E-state index contributed by atoms with van der Waals surface area (Å²) in [6.07, 6.45) is 0. The first kappa shape index (κ1) is 13.2. The van der Waals surface area contributed by atoms with E-state index in [2.05, 4.69) is 10.1 Å². The number of nitrogens with one attached hydrogen (secondary N) is 1. The molecule has 0 aliphatic rings. The molecule has 0 radical (unpaired) electrons. The summed E-state index contributed by atoms with van der Waals surface area (Å²) >= 11 is 0. The Morgan fingerprint density at radius 2 is 2.06 bits per heavy atom. The van der Waals surface area contributed by atoms with Gasteiger partial charge in [-0.05, 0) is 31.5 Å². The van der Waals surface area contributed by atoms with Gasteiger partial charge in [-0.15, -0.1) is 0 Å². The summed E-state index contributed by atoms with van der Waals surface area (Å²) in [5, 5.41) is 2.66. The smallest absolute Gasteiger partial charge is 0.337 e. The predicted octanol–water partition coefficient (Wildman–Crippen LogP) is 1.07. The third-order valence-electron chi connectivity index (χ3n) is 2.33. The average Bonchev–Trinajstić information content (AvgIpc) is 2.30. The maximum Gasteiger partial charge on any atom is 0.337 e. The molecule has 5 nitrogen and oxygen atoms in total. The second-order valence-corrected chi connectivity index (χ2v) is 3.80. The van der Waals surface area contributed by atoms with Crippen LogP contribution in [0.2, 0.25) is 0 Å². The van der Waals surface area contributed by atoms with E-state index in [4.69, 9.17) is 5.73 Å². The molecule has 0 aliphatic heterocycles. The number of benzene rings is 1. The third kappa shape index (κ3) is 3.29. The molecule has 0 saturated heterocycles. The first-order chi connectivity index (χ1) is 7.95. The van der Waals surface area contributed by atoms with Gasteiger partial charge < -0.3 is 15.8 Å². The molecule has 92 valence electrons. The van der Waals surface area contributed by atoms with Crippen molar-refractivity contribution in [1.82, 2.24) is 0 Å². The summed E-state index contributed by atoms with van der Waals surface area (Å²) in [5.74, 6) is -0.739. The van der Waals surface area contributed by atoms with E-state index in [0.717, 1.165) is 5.56 Å². The molecule has 1 aromatic rings. The number of hydrogen-bond donors (Lipinski definition) is 2. The van der Waals surface area contributed by atoms with Gasteiger partial charge in [0.25, 0.3) is 0 Å². The normalized spacial score (nSPS) is 11.8. The fourth-order valence-corrected chi connectivity index (χ4v) is 1.25. The minimum absolute atomic E-state index is 0.296. The van der Waals surface area contributed by atoms with E-state index in [1.807, 2.05) is 6.92 Å². The lowest BCUT2D eigenvalue weighted by Gasteiger charge is -2.11. The van der Waals surface area contributed by atoms with Crippen LogP contribution in [0.1, 0.15) is 22.8 Å². The number of ether oxygens (including phenoxy) is 1. The van der Waals surface area contributed by atoms with Crippen LogP contribution in [0.25, 0.3) is 0 Å². The highest BCUT2D eigenvalue weighted by atomic mass is 16.5. The highest BCUT2D eigenvalue weighted by Gasteiger charge is 2.12. The largest absolute Gasteiger partial charge is 0.465 e. The van der Waals surface area contributed by atoms with Crippen LogP contribution in [0.4, 0.5) is 5.69 Å². The fraction of sp³-hybridized carbons (Fsp3) is 0.333. The third-order valence-corrected chi connectivity index (χ3v) is 2.33. The molecule has 3 N–H and O–H groups in total. The van der Waals surface area contributed by atoms with Gasteiger partial charge in [0.05, 0.1) is 18.7 Å². The van der Waals surface area contributed by atoms with E-state index in [0.29, 0.717) is 11.3 Å². The lowest BCUT2D eigenvalue weighted by Crippen LogP contribution is -2.32. The molecule has 0 fully saturated rings. The Morgan fingerprint density at radius 1 is 1.41 bits per heavy atom. The molecule has 0 aromatic heterocycles. The van der Waals surface area contributed by atoms with Crippen molar-refractivity contribution in [2.24, 2.45) is 5.73 Å². The molecule has 0 aliphatic carbocycles. The Hall–Kier alpha value is -1.88. The van der Waals surface area contributed by atoms with Crippen molar-refractivity contribution in [3.63, 3.8) is 0 Å². The van der Waals surface area contributed by atoms with E-state index in [9.17, 15) is 9.59 Å². The molecular formula is C12H16N2O3. The average molecular weight is 236 g/mol. The van der Waals surface area contributed by atoms with E-state index in [1.54, 1.807) is 25.1 Å².